The highest BCUT2D eigenvalue weighted by Crippen LogP contribution is 2.38. The molecule has 0 aliphatic heterocycles. The van der Waals surface area contributed by atoms with Gasteiger partial charge in [0, 0.05) is 12.7 Å². The van der Waals surface area contributed by atoms with Gasteiger partial charge in [-0.2, -0.15) is 0 Å². The highest BCUT2D eigenvalue weighted by atomic mass is 127. The first kappa shape index (κ1) is 27.7. The van der Waals surface area contributed by atoms with Gasteiger partial charge in [0.15, 0.2) is 6.79 Å². The van der Waals surface area contributed by atoms with Crippen molar-refractivity contribution in [3.05, 3.63) is 81.9 Å². The molecule has 0 aromatic heterocycles. The lowest BCUT2D eigenvalue weighted by Gasteiger charge is -2.43. The third-order valence-electron chi connectivity index (χ3n) is 5.93. The minimum atomic E-state index is -2.69. The molecule has 0 bridgehead atoms. The van der Waals surface area contributed by atoms with Crippen LogP contribution in [0.25, 0.3) is 0 Å². The highest BCUT2D eigenvalue weighted by Gasteiger charge is 2.50. The van der Waals surface area contributed by atoms with E-state index in [-0.39, 0.29) is 11.8 Å². The number of hydrogen-bond donors (Lipinski definition) is 0. The van der Waals surface area contributed by atoms with Crippen LogP contribution in [0.3, 0.4) is 0 Å². The Balaban J connectivity index is 2.01. The van der Waals surface area contributed by atoms with Crippen molar-refractivity contribution in [2.45, 2.75) is 32.4 Å². The van der Waals surface area contributed by atoms with Crippen molar-refractivity contribution < 1.29 is 23.4 Å². The Morgan fingerprint density at radius 3 is 1.91 bits per heavy atom. The third-order valence-corrected chi connectivity index (χ3v) is 11.8. The molecule has 0 spiro atoms. The van der Waals surface area contributed by atoms with Crippen LogP contribution in [-0.4, -0.2) is 42.5 Å². The molecule has 5 nitrogen and oxygen atoms in total. The Hall–Kier alpha value is -1.91. The van der Waals surface area contributed by atoms with E-state index < -0.39 is 8.32 Å². The van der Waals surface area contributed by atoms with Crippen LogP contribution < -0.4 is 19.8 Å². The molecule has 0 aliphatic rings. The van der Waals surface area contributed by atoms with Gasteiger partial charge in [-0.25, -0.2) is 0 Å². The first-order valence-corrected chi connectivity index (χ1v) is 14.6. The van der Waals surface area contributed by atoms with E-state index in [0.29, 0.717) is 19.8 Å². The first-order valence-electron chi connectivity index (χ1n) is 11.6. The molecule has 0 fully saturated rings. The molecule has 0 saturated heterocycles. The van der Waals surface area contributed by atoms with Crippen molar-refractivity contribution in [2.75, 3.05) is 34.2 Å². The number of halogens is 1. The maximum absolute atomic E-state index is 7.12. The van der Waals surface area contributed by atoms with Gasteiger partial charge in [0.25, 0.3) is 8.32 Å². The van der Waals surface area contributed by atoms with Gasteiger partial charge >= 0.3 is 0 Å². The fourth-order valence-electron chi connectivity index (χ4n) is 4.23. The van der Waals surface area contributed by atoms with Gasteiger partial charge < -0.3 is 23.4 Å². The minimum Gasteiger partial charge on any atom is -0.496 e. The fraction of sp³-hybridized carbons (Fsp3) is 0.357. The molecule has 3 aromatic carbocycles. The number of hydrogen-bond acceptors (Lipinski definition) is 5. The molecule has 0 heterocycles. The Morgan fingerprint density at radius 2 is 1.40 bits per heavy atom. The standard InChI is InChI=1S/C28H35IO5Si/c1-28(2,3)35(23-12-8-6-9-13-23,24-14-10-7-11-15-24)34-20-22-18-27(31-5)25(29)19-26(22)33-21-32-17-16-30-4/h6-15,18-19H,16-17,20-21H2,1-5H3. The molecule has 0 radical (unpaired) electrons. The van der Waals surface area contributed by atoms with E-state index in [2.05, 4.69) is 104 Å². The number of ether oxygens (including phenoxy) is 4. The van der Waals surface area contributed by atoms with Gasteiger partial charge in [0.2, 0.25) is 0 Å². The first-order chi connectivity index (χ1) is 16.8. The molecule has 0 aliphatic carbocycles. The second-order valence-electron chi connectivity index (χ2n) is 9.21. The van der Waals surface area contributed by atoms with Gasteiger partial charge in [0.05, 0.1) is 30.5 Å². The van der Waals surface area contributed by atoms with Crippen LogP contribution in [0, 0.1) is 3.57 Å². The van der Waals surface area contributed by atoms with Crippen molar-refractivity contribution in [1.29, 1.82) is 0 Å². The van der Waals surface area contributed by atoms with E-state index >= 15 is 0 Å². The summed E-state index contributed by atoms with van der Waals surface area (Å²) in [7, 11) is 0.637. The Bertz CT molecular complexity index is 1010. The second kappa shape index (κ2) is 12.9. The second-order valence-corrected chi connectivity index (χ2v) is 14.7. The SMILES string of the molecule is COCCOCOc1cc(I)c(OC)cc1CO[Si](c1ccccc1)(c1ccccc1)C(C)(C)C. The summed E-state index contributed by atoms with van der Waals surface area (Å²) in [5.41, 5.74) is 0.922. The molecule has 3 aromatic rings. The summed E-state index contributed by atoms with van der Waals surface area (Å²) < 4.78 is 30.3. The summed E-state index contributed by atoms with van der Waals surface area (Å²) in [6, 6.07) is 25.2. The monoisotopic (exact) mass is 606 g/mol. The van der Waals surface area contributed by atoms with Crippen LogP contribution in [0.1, 0.15) is 26.3 Å². The Labute approximate surface area is 224 Å². The topological polar surface area (TPSA) is 46.2 Å². The summed E-state index contributed by atoms with van der Waals surface area (Å²) in [6.07, 6.45) is 0. The van der Waals surface area contributed by atoms with E-state index in [0.717, 1.165) is 20.6 Å². The maximum Gasteiger partial charge on any atom is 0.261 e. The molecule has 0 atom stereocenters. The summed E-state index contributed by atoms with van der Waals surface area (Å²) in [5, 5.41) is 2.36. The zero-order chi connectivity index (χ0) is 25.3. The molecule has 0 unspecified atom stereocenters. The normalized spacial score (nSPS) is 11.9. The molecule has 188 valence electrons. The minimum absolute atomic E-state index is 0.118. The van der Waals surface area contributed by atoms with Crippen molar-refractivity contribution in [2.24, 2.45) is 0 Å². The summed E-state index contributed by atoms with van der Waals surface area (Å²) in [4.78, 5) is 0. The fourth-order valence-corrected chi connectivity index (χ4v) is 9.42. The van der Waals surface area contributed by atoms with E-state index in [9.17, 15) is 0 Å². The molecule has 0 N–H and O–H groups in total. The van der Waals surface area contributed by atoms with Crippen molar-refractivity contribution in [3.8, 4) is 11.5 Å². The lowest BCUT2D eigenvalue weighted by molar-refractivity contribution is -0.00927. The molecule has 35 heavy (non-hydrogen) atoms. The zero-order valence-electron chi connectivity index (χ0n) is 21.2. The largest absolute Gasteiger partial charge is 0.496 e. The highest BCUT2D eigenvalue weighted by molar-refractivity contribution is 14.1. The van der Waals surface area contributed by atoms with Crippen LogP contribution in [0.2, 0.25) is 5.04 Å². The smallest absolute Gasteiger partial charge is 0.261 e. The lowest BCUT2D eigenvalue weighted by atomic mass is 10.2. The number of rotatable bonds is 12. The van der Waals surface area contributed by atoms with Crippen LogP contribution in [0.5, 0.6) is 11.5 Å². The molecule has 0 amide bonds. The van der Waals surface area contributed by atoms with Crippen molar-refractivity contribution in [1.82, 2.24) is 0 Å². The van der Waals surface area contributed by atoms with Gasteiger partial charge in [-0.15, -0.1) is 0 Å². The van der Waals surface area contributed by atoms with E-state index in [4.69, 9.17) is 23.4 Å². The van der Waals surface area contributed by atoms with Gasteiger partial charge in [-0.3, -0.25) is 0 Å². The maximum atomic E-state index is 7.12. The Morgan fingerprint density at radius 1 is 0.800 bits per heavy atom. The molecule has 3 rings (SSSR count). The lowest BCUT2D eigenvalue weighted by Crippen LogP contribution is -2.66. The van der Waals surface area contributed by atoms with E-state index in [1.807, 2.05) is 12.1 Å². The molecular formula is C28H35IO5Si. The van der Waals surface area contributed by atoms with Crippen LogP contribution in [-0.2, 0) is 20.5 Å². The third kappa shape index (κ3) is 6.65. The predicted octanol–water partition coefficient (Wildman–Crippen LogP) is 5.38. The van der Waals surface area contributed by atoms with Crippen LogP contribution in [0.15, 0.2) is 72.8 Å². The summed E-state index contributed by atoms with van der Waals surface area (Å²) >= 11 is 2.26. The number of benzene rings is 3. The zero-order valence-corrected chi connectivity index (χ0v) is 24.3. The van der Waals surface area contributed by atoms with Crippen molar-refractivity contribution >= 4 is 41.3 Å². The summed E-state index contributed by atoms with van der Waals surface area (Å²) in [6.45, 7) is 8.33. The molecule has 0 saturated carbocycles. The van der Waals surface area contributed by atoms with Gasteiger partial charge in [0.1, 0.15) is 11.5 Å². The average molecular weight is 607 g/mol. The van der Waals surface area contributed by atoms with Crippen LogP contribution in [0.4, 0.5) is 0 Å². The summed E-state index contributed by atoms with van der Waals surface area (Å²) in [5.74, 6) is 1.52. The van der Waals surface area contributed by atoms with Gasteiger partial charge in [-0.1, -0.05) is 81.4 Å². The number of methoxy groups -OCH3 is 2. The van der Waals surface area contributed by atoms with Crippen LogP contribution >= 0.6 is 22.6 Å². The molecular weight excluding hydrogens is 571 g/mol. The predicted molar refractivity (Wildman–Crippen MR) is 151 cm³/mol. The van der Waals surface area contributed by atoms with E-state index in [1.54, 1.807) is 14.2 Å². The van der Waals surface area contributed by atoms with Gasteiger partial charge in [-0.05, 0) is 50.1 Å². The van der Waals surface area contributed by atoms with E-state index in [1.165, 1.54) is 10.4 Å². The average Bonchev–Trinajstić information content (AvgIpc) is 2.85. The van der Waals surface area contributed by atoms with Crippen molar-refractivity contribution in [3.63, 3.8) is 0 Å². The Kier molecular flexibility index (Phi) is 10.2. The quantitative estimate of drug-likeness (QED) is 0.120. The molecule has 7 heteroatoms.